The highest BCUT2D eigenvalue weighted by Crippen LogP contribution is 2.21. The van der Waals surface area contributed by atoms with E-state index in [4.69, 9.17) is 14.6 Å². The first-order chi connectivity index (χ1) is 9.15. The monoisotopic (exact) mass is 272 g/mol. The number of hydrogen-bond acceptors (Lipinski definition) is 4. The van der Waals surface area contributed by atoms with Crippen molar-refractivity contribution in [2.24, 2.45) is 5.92 Å². The quantitative estimate of drug-likeness (QED) is 0.337. The first-order valence-electron chi connectivity index (χ1n) is 7.19. The molecule has 0 radical (unpaired) electrons. The average Bonchev–Trinajstić information content (AvgIpc) is 2.42. The van der Waals surface area contributed by atoms with Gasteiger partial charge in [0.1, 0.15) is 6.61 Å². The Morgan fingerprint density at radius 3 is 2.58 bits per heavy atom. The van der Waals surface area contributed by atoms with Crippen molar-refractivity contribution in [3.63, 3.8) is 0 Å². The fraction of sp³-hybridized carbons (Fsp3) is 0.800. The molecule has 4 heteroatoms. The van der Waals surface area contributed by atoms with Crippen LogP contribution < -0.4 is 0 Å². The Hall–Kier alpha value is -0.870. The van der Waals surface area contributed by atoms with Crippen LogP contribution in [0.2, 0.25) is 0 Å². The summed E-state index contributed by atoms with van der Waals surface area (Å²) >= 11 is 0. The maximum Gasteiger partial charge on any atom is 0.333 e. The van der Waals surface area contributed by atoms with Crippen LogP contribution in [-0.2, 0) is 14.3 Å². The van der Waals surface area contributed by atoms with Crippen LogP contribution in [0.3, 0.4) is 0 Å². The van der Waals surface area contributed by atoms with Crippen molar-refractivity contribution in [1.29, 1.82) is 0 Å². The highest BCUT2D eigenvalue weighted by atomic mass is 16.6. The Morgan fingerprint density at radius 1 is 1.26 bits per heavy atom. The maximum atomic E-state index is 11.7. The number of carbonyl (C=O) groups is 1. The molecule has 1 N–H and O–H groups in total. The van der Waals surface area contributed by atoms with E-state index >= 15 is 0 Å². The van der Waals surface area contributed by atoms with Gasteiger partial charge in [-0.05, 0) is 12.3 Å². The van der Waals surface area contributed by atoms with Crippen LogP contribution in [0.25, 0.3) is 0 Å². The minimum absolute atomic E-state index is 0.0176. The summed E-state index contributed by atoms with van der Waals surface area (Å²) in [6.07, 6.45) is 5.28. The molecule has 0 spiro atoms. The van der Waals surface area contributed by atoms with Crippen LogP contribution in [0.4, 0.5) is 0 Å². The third-order valence-electron chi connectivity index (χ3n) is 3.06. The Balaban J connectivity index is 3.81. The Labute approximate surface area is 116 Å². The van der Waals surface area contributed by atoms with Gasteiger partial charge < -0.3 is 14.6 Å². The molecule has 112 valence electrons. The predicted molar refractivity (Wildman–Crippen MR) is 75.9 cm³/mol. The second-order valence-electron chi connectivity index (χ2n) is 4.70. The molecule has 0 aliphatic carbocycles. The fourth-order valence-corrected chi connectivity index (χ4v) is 1.84. The van der Waals surface area contributed by atoms with Crippen molar-refractivity contribution < 1.29 is 19.4 Å². The van der Waals surface area contributed by atoms with Gasteiger partial charge in [-0.1, -0.05) is 46.1 Å². The van der Waals surface area contributed by atoms with E-state index < -0.39 is 0 Å². The Kier molecular flexibility index (Phi) is 11.6. The van der Waals surface area contributed by atoms with E-state index in [0.717, 1.165) is 12.8 Å². The van der Waals surface area contributed by atoms with Gasteiger partial charge in [0, 0.05) is 5.57 Å². The zero-order chi connectivity index (χ0) is 14.5. The average molecular weight is 272 g/mol. The van der Waals surface area contributed by atoms with E-state index in [1.807, 2.05) is 0 Å². The van der Waals surface area contributed by atoms with Crippen molar-refractivity contribution in [2.45, 2.75) is 46.0 Å². The molecule has 0 amide bonds. The van der Waals surface area contributed by atoms with Gasteiger partial charge in [0.2, 0.25) is 0 Å². The number of carbonyl (C=O) groups excluding carboxylic acids is 1. The lowest BCUT2D eigenvalue weighted by atomic mass is 9.92. The number of aliphatic hydroxyl groups excluding tert-OH is 1. The van der Waals surface area contributed by atoms with Crippen molar-refractivity contribution in [1.82, 2.24) is 0 Å². The van der Waals surface area contributed by atoms with Crippen molar-refractivity contribution in [2.75, 3.05) is 26.4 Å². The number of rotatable bonds is 12. The summed E-state index contributed by atoms with van der Waals surface area (Å²) < 4.78 is 10.1. The molecule has 19 heavy (non-hydrogen) atoms. The van der Waals surface area contributed by atoms with Crippen LogP contribution >= 0.6 is 0 Å². The number of hydrogen-bond donors (Lipinski definition) is 1. The largest absolute Gasteiger partial charge is 0.460 e. The lowest BCUT2D eigenvalue weighted by Crippen LogP contribution is -2.15. The molecule has 0 saturated heterocycles. The molecule has 0 aromatic rings. The molecular formula is C15H28O4. The van der Waals surface area contributed by atoms with E-state index in [0.29, 0.717) is 24.5 Å². The fourth-order valence-electron chi connectivity index (χ4n) is 1.84. The first-order valence-corrected chi connectivity index (χ1v) is 7.19. The van der Waals surface area contributed by atoms with Crippen molar-refractivity contribution in [3.8, 4) is 0 Å². The van der Waals surface area contributed by atoms with E-state index in [1.165, 1.54) is 12.8 Å². The molecule has 0 aliphatic heterocycles. The van der Waals surface area contributed by atoms with Crippen LogP contribution in [0.15, 0.2) is 12.2 Å². The summed E-state index contributed by atoms with van der Waals surface area (Å²) in [5.41, 5.74) is 0.546. The predicted octanol–water partition coefficient (Wildman–Crippen LogP) is 2.70. The van der Waals surface area contributed by atoms with Gasteiger partial charge in [-0.25, -0.2) is 4.79 Å². The normalized spacial score (nSPS) is 12.2. The molecular weight excluding hydrogens is 244 g/mol. The third-order valence-corrected chi connectivity index (χ3v) is 3.06. The minimum atomic E-state index is -0.331. The number of aliphatic hydroxyl groups is 1. The van der Waals surface area contributed by atoms with E-state index in [-0.39, 0.29) is 25.8 Å². The summed E-state index contributed by atoms with van der Waals surface area (Å²) in [5.74, 6) is 0.188. The molecule has 0 bridgehead atoms. The van der Waals surface area contributed by atoms with Gasteiger partial charge in [0.15, 0.2) is 0 Å². The molecule has 1 atom stereocenters. The Morgan fingerprint density at radius 2 is 2.00 bits per heavy atom. The second-order valence-corrected chi connectivity index (χ2v) is 4.70. The topological polar surface area (TPSA) is 55.8 Å². The third kappa shape index (κ3) is 9.68. The molecule has 0 heterocycles. The second kappa shape index (κ2) is 12.2. The first kappa shape index (κ1) is 18.1. The highest BCUT2D eigenvalue weighted by Gasteiger charge is 2.14. The van der Waals surface area contributed by atoms with E-state index in [2.05, 4.69) is 20.4 Å². The lowest BCUT2D eigenvalue weighted by molar-refractivity contribution is -0.140. The SMILES string of the molecule is C=C(CC(CC)CCCC)C(=O)OCCOCCO. The zero-order valence-corrected chi connectivity index (χ0v) is 12.3. The molecule has 0 fully saturated rings. The number of ether oxygens (including phenoxy) is 2. The zero-order valence-electron chi connectivity index (χ0n) is 12.3. The summed E-state index contributed by atoms with van der Waals surface area (Å²) in [5, 5.41) is 8.51. The van der Waals surface area contributed by atoms with Crippen LogP contribution in [-0.4, -0.2) is 37.5 Å². The van der Waals surface area contributed by atoms with Gasteiger partial charge in [-0.15, -0.1) is 0 Å². The minimum Gasteiger partial charge on any atom is -0.460 e. The maximum absolute atomic E-state index is 11.7. The molecule has 0 aromatic carbocycles. The summed E-state index contributed by atoms with van der Waals surface area (Å²) in [4.78, 5) is 11.7. The van der Waals surface area contributed by atoms with E-state index in [9.17, 15) is 4.79 Å². The summed E-state index contributed by atoms with van der Waals surface area (Å²) in [7, 11) is 0. The molecule has 0 aliphatic rings. The van der Waals surface area contributed by atoms with Gasteiger partial charge in [0.05, 0.1) is 19.8 Å². The van der Waals surface area contributed by atoms with Crippen molar-refractivity contribution >= 4 is 5.97 Å². The molecule has 0 saturated carbocycles. The summed E-state index contributed by atoms with van der Waals surface area (Å²) in [6, 6.07) is 0. The van der Waals surface area contributed by atoms with Crippen LogP contribution in [0, 0.1) is 5.92 Å². The number of unbranched alkanes of at least 4 members (excludes halogenated alkanes) is 1. The molecule has 1 unspecified atom stereocenters. The molecule has 0 rings (SSSR count). The van der Waals surface area contributed by atoms with Crippen LogP contribution in [0.5, 0.6) is 0 Å². The standard InChI is InChI=1S/C15H28O4/c1-4-6-7-14(5-2)12-13(3)15(17)19-11-10-18-9-8-16/h14,16H,3-12H2,1-2H3. The van der Waals surface area contributed by atoms with E-state index in [1.54, 1.807) is 0 Å². The smallest absolute Gasteiger partial charge is 0.333 e. The van der Waals surface area contributed by atoms with Gasteiger partial charge in [0.25, 0.3) is 0 Å². The van der Waals surface area contributed by atoms with Gasteiger partial charge >= 0.3 is 5.97 Å². The molecule has 0 aromatic heterocycles. The lowest BCUT2D eigenvalue weighted by Gasteiger charge is -2.15. The van der Waals surface area contributed by atoms with Gasteiger partial charge in [-0.2, -0.15) is 0 Å². The Bertz CT molecular complexity index is 251. The van der Waals surface area contributed by atoms with Crippen LogP contribution in [0.1, 0.15) is 46.0 Å². The summed E-state index contributed by atoms with van der Waals surface area (Å²) in [6.45, 7) is 8.90. The molecule has 4 nitrogen and oxygen atoms in total. The van der Waals surface area contributed by atoms with Crippen molar-refractivity contribution in [3.05, 3.63) is 12.2 Å². The highest BCUT2D eigenvalue weighted by molar-refractivity contribution is 5.87. The van der Waals surface area contributed by atoms with Gasteiger partial charge in [-0.3, -0.25) is 0 Å². The number of esters is 1.